The molecule has 10 heteroatoms. The minimum Gasteiger partial charge on any atom is -0.399 e. The maximum Gasteiger partial charge on any atom is 0.494 e. The van der Waals surface area contributed by atoms with Gasteiger partial charge in [0, 0.05) is 67.4 Å². The second-order valence-corrected chi connectivity index (χ2v) is 26.5. The predicted molar refractivity (Wildman–Crippen MR) is 366 cm³/mol. The fourth-order valence-corrected chi connectivity index (χ4v) is 14.2. The molecule has 2 unspecified atom stereocenters. The van der Waals surface area contributed by atoms with Crippen LogP contribution in [0.4, 0.5) is 0 Å². The molecule has 0 N–H and O–H groups in total. The predicted octanol–water partition coefficient (Wildman–Crippen LogP) is 18.6. The van der Waals surface area contributed by atoms with Gasteiger partial charge in [0.15, 0.2) is 0 Å². The summed E-state index contributed by atoms with van der Waals surface area (Å²) in [7, 11) is -0.361. The highest BCUT2D eigenvalue weighted by Gasteiger charge is 2.52. The fourth-order valence-electron chi connectivity index (χ4n) is 13.9. The Balaban J connectivity index is 0.000000121. The Morgan fingerprint density at radius 3 is 1.57 bits per heavy atom. The molecule has 0 saturated carbocycles. The molecule has 428 valence electrons. The zero-order valence-electron chi connectivity index (χ0n) is 50.5. The van der Waals surface area contributed by atoms with Crippen molar-refractivity contribution in [2.75, 3.05) is 0 Å². The van der Waals surface area contributed by atoms with Crippen molar-refractivity contribution in [2.45, 2.75) is 83.5 Å². The van der Waals surface area contributed by atoms with Gasteiger partial charge in [-0.3, -0.25) is 15.0 Å². The molecule has 1 fully saturated rings. The number of halogens is 1. The topological polar surface area (TPSA) is 95.3 Å². The number of dihydropyridines is 1. The maximum absolute atomic E-state index is 6.28. The van der Waals surface area contributed by atoms with Crippen molar-refractivity contribution in [1.29, 1.82) is 0 Å². The highest BCUT2D eigenvalue weighted by Crippen LogP contribution is 2.55. The number of pyridine rings is 5. The molecule has 17 rings (SSSR count). The van der Waals surface area contributed by atoms with Crippen LogP contribution in [0.1, 0.15) is 94.9 Å². The van der Waals surface area contributed by atoms with Gasteiger partial charge in [-0.15, -0.1) is 0 Å². The highest BCUT2D eigenvalue weighted by atomic mass is 79.9. The average Bonchev–Trinajstić information content (AvgIpc) is 1.93. The third kappa shape index (κ3) is 9.17. The Labute approximate surface area is 522 Å². The number of allylic oxidation sites excluding steroid dienone is 1. The van der Waals surface area contributed by atoms with Crippen molar-refractivity contribution in [1.82, 2.24) is 24.9 Å². The lowest BCUT2D eigenvalue weighted by Gasteiger charge is -2.32. The molecule has 7 heterocycles. The standard InChI is InChI=1S/C36H25N3.C30H30BNO2.C12H9BrN2/c1-36(2)28-11-5-3-9-26(28)35-32(36)31(27-10-4-6-12-30(27)39-35)23-15-13-22(14-16-23)29-20-19-25-18-17-24-8-7-21-37-33(24)34(25)38-29;1-28(2)23-13-9-7-11-21(23)27-26(28)25(22-12-8-10-14-24(22)32-27)19-15-17-20(18-16-19)31-33-29(3,4)30(5,6)34-31;13-10-6-5-9-4-3-8-2-1-7-14-11(8)12(9)15-10/h3-21H,1-2H3;7-18H,1-6H3;1-7,9,12H. The van der Waals surface area contributed by atoms with Gasteiger partial charge in [0.1, 0.15) is 10.7 Å². The van der Waals surface area contributed by atoms with Crippen molar-refractivity contribution < 1.29 is 9.31 Å². The van der Waals surface area contributed by atoms with E-state index < -0.39 is 0 Å². The van der Waals surface area contributed by atoms with E-state index in [-0.39, 0.29) is 35.2 Å². The van der Waals surface area contributed by atoms with Gasteiger partial charge in [0.2, 0.25) is 0 Å². The van der Waals surface area contributed by atoms with Crippen LogP contribution in [0.3, 0.4) is 0 Å². The zero-order valence-corrected chi connectivity index (χ0v) is 52.1. The molecule has 5 aliphatic rings. The summed E-state index contributed by atoms with van der Waals surface area (Å²) in [6.45, 7) is 17.6. The Hall–Kier alpha value is -9.06. The van der Waals surface area contributed by atoms with E-state index in [1.807, 2.05) is 30.6 Å². The highest BCUT2D eigenvalue weighted by molar-refractivity contribution is 9.18. The smallest absolute Gasteiger partial charge is 0.399 e. The van der Waals surface area contributed by atoms with E-state index in [1.54, 1.807) is 0 Å². The first kappa shape index (κ1) is 55.5. The minimum absolute atomic E-state index is 0.136. The van der Waals surface area contributed by atoms with Crippen molar-refractivity contribution in [3.8, 4) is 56.0 Å². The number of aliphatic imine (C=N–C) groups is 1. The maximum atomic E-state index is 6.28. The molecule has 7 aromatic carbocycles. The molecule has 8 nitrogen and oxygen atoms in total. The summed E-state index contributed by atoms with van der Waals surface area (Å²) in [5.41, 5.74) is 23.1. The molecule has 12 aromatic rings. The van der Waals surface area contributed by atoms with E-state index in [0.717, 1.165) is 71.3 Å². The molecule has 5 aromatic heterocycles. The molecule has 2 atom stereocenters. The van der Waals surface area contributed by atoms with E-state index in [1.165, 1.54) is 72.0 Å². The van der Waals surface area contributed by atoms with Crippen molar-refractivity contribution in [3.05, 3.63) is 258 Å². The Kier molecular flexibility index (Phi) is 13.3. The van der Waals surface area contributed by atoms with Crippen molar-refractivity contribution >= 4 is 82.8 Å². The van der Waals surface area contributed by atoms with Gasteiger partial charge in [0.25, 0.3) is 0 Å². The Morgan fingerprint density at radius 2 is 0.955 bits per heavy atom. The molecule has 1 saturated heterocycles. The molecule has 88 heavy (non-hydrogen) atoms. The van der Waals surface area contributed by atoms with Crippen LogP contribution >= 0.6 is 15.9 Å². The average molecular weight is 1210 g/mol. The van der Waals surface area contributed by atoms with Crippen LogP contribution in [0.2, 0.25) is 0 Å². The molecule has 0 amide bonds. The summed E-state index contributed by atoms with van der Waals surface area (Å²) in [5, 5.41) is 4.57. The zero-order chi connectivity index (χ0) is 60.3. The van der Waals surface area contributed by atoms with Gasteiger partial charge < -0.3 is 9.31 Å². The van der Waals surface area contributed by atoms with Crippen LogP contribution in [0, 0.1) is 5.92 Å². The first-order valence-electron chi connectivity index (χ1n) is 30.4. The largest absolute Gasteiger partial charge is 0.494 e. The first-order chi connectivity index (χ1) is 42.5. The lowest BCUT2D eigenvalue weighted by molar-refractivity contribution is 0.00578. The summed E-state index contributed by atoms with van der Waals surface area (Å²) in [6.07, 6.45) is 12.1. The molecule has 0 radical (unpaired) electrons. The normalized spacial score (nSPS) is 18.1. The van der Waals surface area contributed by atoms with Gasteiger partial charge in [-0.25, -0.2) is 15.0 Å². The number of hydrogen-bond donors (Lipinski definition) is 0. The molecular weight excluding hydrogens is 1140 g/mol. The van der Waals surface area contributed by atoms with Crippen molar-refractivity contribution in [2.24, 2.45) is 10.9 Å². The van der Waals surface area contributed by atoms with Crippen LogP contribution in [0.25, 0.3) is 106 Å². The van der Waals surface area contributed by atoms with Crippen LogP contribution < -0.4 is 5.46 Å². The SMILES string of the molecule is BrC1=NC2c3ncccc3C=CC2C=C1.CC1(C)c2ccccc2-c2nc3ccccc3c(-c3ccc(-c4ccc5ccc6cccnc6c5n4)cc3)c21.CC1(C)c2ccccc2-c2nc3ccccc3c(-c3ccc(B4OC(C)(C)C(C)(C)O4)cc3)c21. The molecule has 0 spiro atoms. The Morgan fingerprint density at radius 1 is 0.455 bits per heavy atom. The number of benzene rings is 7. The number of para-hydroxylation sites is 2. The van der Waals surface area contributed by atoms with Crippen LogP contribution in [-0.2, 0) is 20.1 Å². The van der Waals surface area contributed by atoms with Gasteiger partial charge >= 0.3 is 7.12 Å². The van der Waals surface area contributed by atoms with E-state index in [4.69, 9.17) is 24.3 Å². The summed E-state index contributed by atoms with van der Waals surface area (Å²) in [5.74, 6) is 0.355. The van der Waals surface area contributed by atoms with Gasteiger partial charge in [-0.05, 0) is 136 Å². The quantitative estimate of drug-likeness (QED) is 0.128. The minimum atomic E-state index is -0.361. The van der Waals surface area contributed by atoms with Crippen LogP contribution in [0.5, 0.6) is 0 Å². The molecular formula is C78H64BBrN6O2. The van der Waals surface area contributed by atoms with Crippen LogP contribution in [0.15, 0.2) is 230 Å². The van der Waals surface area contributed by atoms with E-state index in [9.17, 15) is 0 Å². The summed E-state index contributed by atoms with van der Waals surface area (Å²) in [6, 6.07) is 68.7. The number of aromatic nitrogens is 5. The fraction of sp³-hybridized carbons (Fsp3) is 0.179. The summed E-state index contributed by atoms with van der Waals surface area (Å²) >= 11 is 3.41. The van der Waals surface area contributed by atoms with Gasteiger partial charge in [-0.1, -0.05) is 210 Å². The number of hydrogen-bond acceptors (Lipinski definition) is 8. The third-order valence-corrected chi connectivity index (χ3v) is 19.6. The third-order valence-electron chi connectivity index (χ3n) is 19.1. The summed E-state index contributed by atoms with van der Waals surface area (Å²) < 4.78 is 13.5. The second-order valence-electron chi connectivity index (χ2n) is 25.7. The monoisotopic (exact) mass is 1210 g/mol. The van der Waals surface area contributed by atoms with Crippen molar-refractivity contribution in [3.63, 3.8) is 0 Å². The van der Waals surface area contributed by atoms with E-state index in [2.05, 4.69) is 286 Å². The number of nitrogens with zero attached hydrogens (tertiary/aromatic N) is 6. The molecule has 0 bridgehead atoms. The number of fused-ring (bicyclic) bond motifs is 14. The first-order valence-corrected chi connectivity index (χ1v) is 31.2. The Bertz CT molecular complexity index is 4900. The lowest BCUT2D eigenvalue weighted by atomic mass is 9.76. The van der Waals surface area contributed by atoms with Crippen LogP contribution in [-0.4, -0.2) is 47.9 Å². The summed E-state index contributed by atoms with van der Waals surface area (Å²) in [4.78, 5) is 29.0. The lowest BCUT2D eigenvalue weighted by Crippen LogP contribution is -2.41. The number of rotatable bonds is 4. The van der Waals surface area contributed by atoms with Gasteiger partial charge in [0.05, 0.1) is 56.0 Å². The van der Waals surface area contributed by atoms with Gasteiger partial charge in [-0.2, -0.15) is 0 Å². The van der Waals surface area contributed by atoms with E-state index >= 15 is 0 Å². The van der Waals surface area contributed by atoms with E-state index in [0.29, 0.717) is 5.92 Å². The second kappa shape index (κ2) is 21.1. The molecule has 2 aliphatic heterocycles. The molecule has 3 aliphatic carbocycles.